The average Bonchev–Trinajstić information content (AvgIpc) is 3.10. The minimum Gasteiger partial charge on any atom is -0.314 e. The second-order valence-corrected chi connectivity index (χ2v) is 11.0. The number of anilines is 1. The van der Waals surface area contributed by atoms with E-state index >= 15 is 0 Å². The Hall–Kier alpha value is -1.61. The van der Waals surface area contributed by atoms with Gasteiger partial charge in [-0.05, 0) is 29.8 Å². The SMILES string of the molecule is O=C(Cc1ccc(F)cc1)N=C1SC2CS(=O)(=O)CC2N1c1cccc(Cl)c1Cl. The van der Waals surface area contributed by atoms with Gasteiger partial charge >= 0.3 is 0 Å². The summed E-state index contributed by atoms with van der Waals surface area (Å²) >= 11 is 13.8. The molecule has 2 aliphatic rings. The normalized spacial score (nSPS) is 24.1. The maximum absolute atomic E-state index is 13.1. The van der Waals surface area contributed by atoms with Crippen LogP contribution in [0.2, 0.25) is 10.0 Å². The number of carbonyl (C=O) groups excluding carboxylic acids is 1. The van der Waals surface area contributed by atoms with Gasteiger partial charge in [0.1, 0.15) is 5.82 Å². The van der Waals surface area contributed by atoms with Gasteiger partial charge < -0.3 is 4.90 Å². The Balaban J connectivity index is 1.67. The number of hydrogen-bond donors (Lipinski definition) is 0. The summed E-state index contributed by atoms with van der Waals surface area (Å²) in [7, 11) is -3.19. The molecule has 2 unspecified atom stereocenters. The molecule has 0 saturated carbocycles. The molecule has 2 atom stereocenters. The molecule has 0 radical (unpaired) electrons. The number of aliphatic imine (C=N–C) groups is 1. The van der Waals surface area contributed by atoms with Crippen LogP contribution in [0.5, 0.6) is 0 Å². The first-order chi connectivity index (χ1) is 13.7. The standard InChI is InChI=1S/C19H15Cl2FN2O3S2/c20-13-2-1-3-14(18(13)21)24-15-9-29(26,27)10-16(15)28-19(24)23-17(25)8-11-4-6-12(22)7-5-11/h1-7,15-16H,8-10H2. The molecule has 2 aliphatic heterocycles. The zero-order valence-corrected chi connectivity index (χ0v) is 18.0. The molecule has 2 heterocycles. The van der Waals surface area contributed by atoms with Gasteiger partial charge in [0.05, 0.1) is 39.7 Å². The summed E-state index contributed by atoms with van der Waals surface area (Å²) in [4.78, 5) is 18.5. The summed E-state index contributed by atoms with van der Waals surface area (Å²) in [5, 5.41) is 0.757. The van der Waals surface area contributed by atoms with Gasteiger partial charge in [-0.25, -0.2) is 12.8 Å². The lowest BCUT2D eigenvalue weighted by molar-refractivity contribution is -0.117. The van der Waals surface area contributed by atoms with Crippen LogP contribution in [-0.4, -0.2) is 42.3 Å². The molecule has 2 aromatic rings. The molecule has 2 fully saturated rings. The lowest BCUT2D eigenvalue weighted by atomic mass is 10.1. The number of amidine groups is 1. The zero-order chi connectivity index (χ0) is 20.8. The average molecular weight is 473 g/mol. The van der Waals surface area contributed by atoms with Crippen molar-refractivity contribution in [2.24, 2.45) is 4.99 Å². The molecule has 4 rings (SSSR count). The third kappa shape index (κ3) is 4.30. The molecule has 0 spiro atoms. The van der Waals surface area contributed by atoms with E-state index in [-0.39, 0.29) is 40.1 Å². The monoisotopic (exact) mass is 472 g/mol. The molecule has 2 aromatic carbocycles. The number of hydrogen-bond acceptors (Lipinski definition) is 4. The van der Waals surface area contributed by atoms with Crippen molar-refractivity contribution in [1.29, 1.82) is 0 Å². The van der Waals surface area contributed by atoms with Crippen molar-refractivity contribution >= 4 is 61.6 Å². The summed E-state index contributed by atoms with van der Waals surface area (Å²) < 4.78 is 37.3. The smallest absolute Gasteiger partial charge is 0.252 e. The molecular weight excluding hydrogens is 458 g/mol. The molecule has 0 aromatic heterocycles. The van der Waals surface area contributed by atoms with Crippen LogP contribution in [0.1, 0.15) is 5.56 Å². The molecule has 5 nitrogen and oxygen atoms in total. The van der Waals surface area contributed by atoms with Gasteiger partial charge in [-0.2, -0.15) is 4.99 Å². The van der Waals surface area contributed by atoms with Crippen molar-refractivity contribution in [3.8, 4) is 0 Å². The van der Waals surface area contributed by atoms with E-state index in [1.165, 1.54) is 36.0 Å². The van der Waals surface area contributed by atoms with E-state index in [9.17, 15) is 17.6 Å². The second kappa shape index (κ2) is 7.91. The molecule has 152 valence electrons. The van der Waals surface area contributed by atoms with Crippen LogP contribution in [-0.2, 0) is 21.1 Å². The molecule has 2 saturated heterocycles. The van der Waals surface area contributed by atoms with Gasteiger partial charge in [0.25, 0.3) is 5.91 Å². The van der Waals surface area contributed by atoms with E-state index in [4.69, 9.17) is 23.2 Å². The van der Waals surface area contributed by atoms with Crippen molar-refractivity contribution in [2.45, 2.75) is 17.7 Å². The summed E-state index contributed by atoms with van der Waals surface area (Å²) in [6.07, 6.45) is 0.00902. The molecule has 1 amide bonds. The van der Waals surface area contributed by atoms with Crippen molar-refractivity contribution in [1.82, 2.24) is 0 Å². The fraction of sp³-hybridized carbons (Fsp3) is 0.263. The lowest BCUT2D eigenvalue weighted by Crippen LogP contribution is -2.38. The minimum atomic E-state index is -3.19. The topological polar surface area (TPSA) is 66.8 Å². The second-order valence-electron chi connectivity index (χ2n) is 6.83. The van der Waals surface area contributed by atoms with Gasteiger partial charge in [-0.1, -0.05) is 53.2 Å². The van der Waals surface area contributed by atoms with E-state index in [1.54, 1.807) is 23.1 Å². The first-order valence-electron chi connectivity index (χ1n) is 8.70. The third-order valence-corrected chi connectivity index (χ3v) is 8.76. The Morgan fingerprint density at radius 1 is 1.17 bits per heavy atom. The zero-order valence-electron chi connectivity index (χ0n) is 14.9. The number of benzene rings is 2. The van der Waals surface area contributed by atoms with Crippen LogP contribution in [0.25, 0.3) is 0 Å². The van der Waals surface area contributed by atoms with Gasteiger partial charge in [-0.15, -0.1) is 0 Å². The number of fused-ring (bicyclic) bond motifs is 1. The molecule has 0 N–H and O–H groups in total. The summed E-state index contributed by atoms with van der Waals surface area (Å²) in [6, 6.07) is 10.3. The molecule has 10 heteroatoms. The number of nitrogens with zero attached hydrogens (tertiary/aromatic N) is 2. The van der Waals surface area contributed by atoms with E-state index in [0.29, 0.717) is 21.4 Å². The molecule has 0 bridgehead atoms. The molecule has 0 aliphatic carbocycles. The lowest BCUT2D eigenvalue weighted by Gasteiger charge is -2.25. The first-order valence-corrected chi connectivity index (χ1v) is 12.2. The van der Waals surface area contributed by atoms with Crippen molar-refractivity contribution in [2.75, 3.05) is 16.4 Å². The highest BCUT2D eigenvalue weighted by Gasteiger charge is 2.49. The summed E-state index contributed by atoms with van der Waals surface area (Å²) in [5.74, 6) is -0.819. The number of sulfone groups is 1. The largest absolute Gasteiger partial charge is 0.314 e. The van der Waals surface area contributed by atoms with Crippen molar-refractivity contribution in [3.63, 3.8) is 0 Å². The van der Waals surface area contributed by atoms with E-state index in [0.717, 1.165) is 0 Å². The van der Waals surface area contributed by atoms with Crippen LogP contribution in [0, 0.1) is 5.82 Å². The van der Waals surface area contributed by atoms with Crippen LogP contribution in [0.4, 0.5) is 10.1 Å². The fourth-order valence-corrected chi connectivity index (χ4v) is 7.76. The van der Waals surface area contributed by atoms with Gasteiger partial charge in [0.15, 0.2) is 15.0 Å². The Bertz CT molecular complexity index is 1110. The molecule has 29 heavy (non-hydrogen) atoms. The van der Waals surface area contributed by atoms with Crippen LogP contribution in [0.15, 0.2) is 47.5 Å². The van der Waals surface area contributed by atoms with Crippen molar-refractivity contribution < 1.29 is 17.6 Å². The van der Waals surface area contributed by atoms with E-state index in [1.807, 2.05) is 0 Å². The van der Waals surface area contributed by atoms with Crippen molar-refractivity contribution in [3.05, 3.63) is 63.9 Å². The Kier molecular flexibility index (Phi) is 5.63. The summed E-state index contributed by atoms with van der Waals surface area (Å²) in [6.45, 7) is 0. The quantitative estimate of drug-likeness (QED) is 0.675. The Morgan fingerprint density at radius 2 is 1.90 bits per heavy atom. The predicted octanol–water partition coefficient (Wildman–Crippen LogP) is 3.98. The predicted molar refractivity (Wildman–Crippen MR) is 115 cm³/mol. The van der Waals surface area contributed by atoms with E-state index in [2.05, 4.69) is 4.99 Å². The Labute approximate surface area is 181 Å². The van der Waals surface area contributed by atoms with E-state index < -0.39 is 15.7 Å². The number of amides is 1. The van der Waals surface area contributed by atoms with Gasteiger partial charge in [0.2, 0.25) is 0 Å². The highest BCUT2D eigenvalue weighted by atomic mass is 35.5. The fourth-order valence-electron chi connectivity index (χ4n) is 3.45. The Morgan fingerprint density at radius 3 is 2.62 bits per heavy atom. The molecular formula is C19H15Cl2FN2O3S2. The highest BCUT2D eigenvalue weighted by molar-refractivity contribution is 8.16. The number of carbonyl (C=O) groups is 1. The van der Waals surface area contributed by atoms with Gasteiger partial charge in [0, 0.05) is 5.25 Å². The minimum absolute atomic E-state index is 0.00902. The van der Waals surface area contributed by atoms with Gasteiger partial charge in [-0.3, -0.25) is 4.79 Å². The summed E-state index contributed by atoms with van der Waals surface area (Å²) in [5.41, 5.74) is 1.16. The highest BCUT2D eigenvalue weighted by Crippen LogP contribution is 2.44. The maximum atomic E-state index is 13.1. The first kappa shape index (κ1) is 20.7. The van der Waals surface area contributed by atoms with Crippen LogP contribution >= 0.6 is 35.0 Å². The third-order valence-electron chi connectivity index (χ3n) is 4.75. The number of halogens is 3. The number of thioether (sulfide) groups is 1. The van der Waals surface area contributed by atoms with Crippen LogP contribution in [0.3, 0.4) is 0 Å². The van der Waals surface area contributed by atoms with Crippen LogP contribution < -0.4 is 4.90 Å². The maximum Gasteiger partial charge on any atom is 0.252 e. The number of rotatable bonds is 3.